The van der Waals surface area contributed by atoms with Crippen LogP contribution in [0.3, 0.4) is 0 Å². The van der Waals surface area contributed by atoms with Crippen molar-refractivity contribution < 1.29 is 9.47 Å². The van der Waals surface area contributed by atoms with Crippen LogP contribution < -0.4 is 35.0 Å². The number of ether oxygens (including phenoxy) is 2. The third-order valence-electron chi connectivity index (χ3n) is 12.0. The van der Waals surface area contributed by atoms with E-state index in [9.17, 15) is 0 Å². The Labute approximate surface area is 341 Å². The number of hydrogen-bond donors (Lipinski definition) is 0. The molecule has 284 valence electrons. The van der Waals surface area contributed by atoms with E-state index in [1.807, 2.05) is 35.6 Å². The smallest absolute Gasteiger partial charge is 0.264 e. The highest BCUT2D eigenvalue weighted by Gasteiger charge is 2.46. The zero-order valence-corrected chi connectivity index (χ0v) is 35.5. The van der Waals surface area contributed by atoms with E-state index in [1.165, 1.54) is 76.5 Å². The number of nitrogens with zero attached hydrogens (tertiary/aromatic N) is 2. The largest absolute Gasteiger partial charge is 0.450 e. The van der Waals surface area contributed by atoms with Gasteiger partial charge in [-0.25, -0.2) is 0 Å². The van der Waals surface area contributed by atoms with Crippen molar-refractivity contribution in [2.24, 2.45) is 0 Å². The monoisotopic (exact) mass is 764 g/mol. The topological polar surface area (TPSA) is 24.9 Å². The van der Waals surface area contributed by atoms with E-state index >= 15 is 0 Å². The summed E-state index contributed by atoms with van der Waals surface area (Å²) in [5.74, 6) is 2.89. The van der Waals surface area contributed by atoms with Gasteiger partial charge in [-0.15, -0.1) is 11.3 Å². The maximum Gasteiger partial charge on any atom is 0.264 e. The Morgan fingerprint density at radius 1 is 0.509 bits per heavy atom. The van der Waals surface area contributed by atoms with E-state index in [-0.39, 0.29) is 23.0 Å². The van der Waals surface area contributed by atoms with Crippen LogP contribution in [0, 0.1) is 6.92 Å². The van der Waals surface area contributed by atoms with Crippen LogP contribution in [0.4, 0.5) is 34.1 Å². The van der Waals surface area contributed by atoms with Crippen molar-refractivity contribution >= 4 is 78.0 Å². The number of fused-ring (bicyclic) bond motifs is 8. The van der Waals surface area contributed by atoms with Crippen molar-refractivity contribution in [3.8, 4) is 23.0 Å². The average molecular weight is 765 g/mol. The number of benzene rings is 6. The second kappa shape index (κ2) is 12.3. The number of para-hydroxylation sites is 2. The highest BCUT2D eigenvalue weighted by Crippen LogP contribution is 2.52. The van der Waals surface area contributed by atoms with Crippen LogP contribution in [0.2, 0.25) is 0 Å². The first-order chi connectivity index (χ1) is 27.0. The van der Waals surface area contributed by atoms with Crippen molar-refractivity contribution in [1.29, 1.82) is 0 Å². The third kappa shape index (κ3) is 5.70. The molecule has 0 atom stereocenters. The normalized spacial score (nSPS) is 14.3. The van der Waals surface area contributed by atoms with Crippen LogP contribution >= 0.6 is 11.3 Å². The molecule has 0 radical (unpaired) electrons. The Morgan fingerprint density at radius 3 is 1.74 bits per heavy atom. The number of rotatable bonds is 2. The molecule has 0 bridgehead atoms. The molecule has 4 nitrogen and oxygen atoms in total. The first-order valence-electron chi connectivity index (χ1n) is 20.2. The van der Waals surface area contributed by atoms with Crippen LogP contribution in [0.15, 0.2) is 115 Å². The zero-order chi connectivity index (χ0) is 39.8. The van der Waals surface area contributed by atoms with Gasteiger partial charge in [0.05, 0.1) is 11.4 Å². The van der Waals surface area contributed by atoms with Crippen molar-refractivity contribution in [3.63, 3.8) is 0 Å². The number of hydrogen-bond acceptors (Lipinski definition) is 5. The molecule has 57 heavy (non-hydrogen) atoms. The lowest BCUT2D eigenvalue weighted by Gasteiger charge is -2.44. The minimum Gasteiger partial charge on any atom is -0.450 e. The predicted octanol–water partition coefficient (Wildman–Crippen LogP) is 13.1. The van der Waals surface area contributed by atoms with Gasteiger partial charge in [0.1, 0.15) is 0 Å². The second-order valence-corrected chi connectivity index (χ2v) is 20.3. The van der Waals surface area contributed by atoms with Gasteiger partial charge >= 0.3 is 0 Å². The first kappa shape index (κ1) is 35.9. The molecule has 0 N–H and O–H groups in total. The maximum atomic E-state index is 6.56. The summed E-state index contributed by atoms with van der Waals surface area (Å²) >= 11 is 1.94. The maximum absolute atomic E-state index is 6.56. The summed E-state index contributed by atoms with van der Waals surface area (Å²) in [6.45, 7) is 23.0. The Bertz CT molecular complexity index is 2780. The molecule has 0 amide bonds. The van der Waals surface area contributed by atoms with Gasteiger partial charge in [0, 0.05) is 43.7 Å². The predicted molar refractivity (Wildman–Crippen MR) is 243 cm³/mol. The summed E-state index contributed by atoms with van der Waals surface area (Å²) in [6, 6.07) is 42.7. The molecule has 7 aromatic rings. The van der Waals surface area contributed by atoms with E-state index in [1.54, 1.807) is 0 Å². The van der Waals surface area contributed by atoms with E-state index < -0.39 is 0 Å². The minimum absolute atomic E-state index is 0.00332. The zero-order valence-electron chi connectivity index (χ0n) is 34.7. The lowest BCUT2D eigenvalue weighted by Crippen LogP contribution is -2.60. The van der Waals surface area contributed by atoms with Crippen LogP contribution in [-0.2, 0) is 16.2 Å². The minimum atomic E-state index is -0.0142. The molecule has 0 fully saturated rings. The van der Waals surface area contributed by atoms with Gasteiger partial charge in [0.2, 0.25) is 0 Å². The molecule has 0 spiro atoms. The highest BCUT2D eigenvalue weighted by atomic mass is 32.1. The summed E-state index contributed by atoms with van der Waals surface area (Å²) in [7, 11) is 0. The standard InChI is InChI=1S/C51H49BN2O2S/c1-30-25-39-46-40(26-30)54(35-21-23-43-44(29-35)56-42-14-12-11-13-41(42)55-43)47-36-27-32(50(5,6)7)18-24-45(36)57-48(47)52(46)37-28-33(51(8,9)10)17-22-38(37)53(39)34-19-15-31(16-20-34)49(2,3)4/h11-29H,1-10H3. The molecule has 6 aromatic carbocycles. The van der Waals surface area contributed by atoms with E-state index in [4.69, 9.17) is 9.47 Å². The second-order valence-electron chi connectivity index (χ2n) is 19.2. The van der Waals surface area contributed by atoms with E-state index in [0.717, 1.165) is 22.9 Å². The van der Waals surface area contributed by atoms with Gasteiger partial charge < -0.3 is 19.3 Å². The van der Waals surface area contributed by atoms with Crippen LogP contribution in [-0.4, -0.2) is 6.71 Å². The van der Waals surface area contributed by atoms with Crippen molar-refractivity contribution in [2.45, 2.75) is 85.5 Å². The number of anilines is 6. The molecular formula is C51H49BN2O2S. The van der Waals surface area contributed by atoms with Gasteiger partial charge in [0.25, 0.3) is 6.71 Å². The van der Waals surface area contributed by atoms with Crippen LogP contribution in [0.5, 0.6) is 23.0 Å². The SMILES string of the molecule is Cc1cc2c3c(c1)N(c1ccc4c(c1)Oc1ccccc1O4)c1c(sc4ccc(C(C)(C)C)cc14)B3c1cc(C(C)(C)C)ccc1N2c1ccc(C(C)(C)C)cc1. The lowest BCUT2D eigenvalue weighted by atomic mass is 9.36. The molecule has 4 heterocycles. The fraction of sp³-hybridized carbons (Fsp3) is 0.255. The molecule has 3 aliphatic rings. The summed E-state index contributed by atoms with van der Waals surface area (Å²) in [6.07, 6.45) is 0. The third-order valence-corrected chi connectivity index (χ3v) is 13.2. The van der Waals surface area contributed by atoms with Crippen molar-refractivity contribution in [2.75, 3.05) is 9.80 Å². The van der Waals surface area contributed by atoms with Crippen molar-refractivity contribution in [1.82, 2.24) is 0 Å². The summed E-state index contributed by atoms with van der Waals surface area (Å²) in [4.78, 5) is 5.04. The van der Waals surface area contributed by atoms with Gasteiger partial charge in [-0.3, -0.25) is 0 Å². The Balaban J connectivity index is 1.28. The van der Waals surface area contributed by atoms with Gasteiger partial charge in [0.15, 0.2) is 23.0 Å². The molecule has 3 aliphatic heterocycles. The Morgan fingerprint density at radius 2 is 1.07 bits per heavy atom. The number of thiophene rings is 1. The molecular weight excluding hydrogens is 715 g/mol. The molecule has 0 saturated heterocycles. The van der Waals surface area contributed by atoms with Crippen LogP contribution in [0.25, 0.3) is 10.1 Å². The van der Waals surface area contributed by atoms with E-state index in [0.29, 0.717) is 5.75 Å². The number of aryl methyl sites for hydroxylation is 1. The fourth-order valence-electron chi connectivity index (χ4n) is 8.87. The van der Waals surface area contributed by atoms with Gasteiger partial charge in [-0.1, -0.05) is 105 Å². The van der Waals surface area contributed by atoms with Gasteiger partial charge in [-0.2, -0.15) is 0 Å². The van der Waals surface area contributed by atoms with Crippen molar-refractivity contribution in [3.05, 3.63) is 138 Å². The average Bonchev–Trinajstić information content (AvgIpc) is 3.54. The Hall–Kier alpha value is -5.46. The first-order valence-corrected chi connectivity index (χ1v) is 21.0. The summed E-state index contributed by atoms with van der Waals surface area (Å²) in [5.41, 5.74) is 15.1. The van der Waals surface area contributed by atoms with Gasteiger partial charge in [-0.05, 0) is 123 Å². The quantitative estimate of drug-likeness (QED) is 0.164. The molecule has 1 aromatic heterocycles. The van der Waals surface area contributed by atoms with Crippen LogP contribution in [0.1, 0.15) is 84.6 Å². The molecule has 0 saturated carbocycles. The van der Waals surface area contributed by atoms with E-state index in [2.05, 4.69) is 170 Å². The fourth-order valence-corrected chi connectivity index (χ4v) is 10.2. The summed E-state index contributed by atoms with van der Waals surface area (Å²) < 4.78 is 15.6. The summed E-state index contributed by atoms with van der Waals surface area (Å²) in [5, 5.41) is 1.28. The molecule has 0 aliphatic carbocycles. The lowest BCUT2D eigenvalue weighted by molar-refractivity contribution is 0.360. The molecule has 0 unspecified atom stereocenters. The molecule has 10 rings (SSSR count). The highest BCUT2D eigenvalue weighted by molar-refractivity contribution is 7.33. The molecule has 6 heteroatoms. The Kier molecular flexibility index (Phi) is 7.74.